The van der Waals surface area contributed by atoms with Crippen molar-refractivity contribution in [1.82, 2.24) is 0 Å². The van der Waals surface area contributed by atoms with Crippen LogP contribution in [0.4, 0.5) is 0 Å². The van der Waals surface area contributed by atoms with Gasteiger partial charge in [-0.15, -0.1) is 6.58 Å². The summed E-state index contributed by atoms with van der Waals surface area (Å²) in [6, 6.07) is 10.2. The highest BCUT2D eigenvalue weighted by Gasteiger charge is 2.58. The largest absolute Gasteiger partial charge is 0.489 e. The lowest BCUT2D eigenvalue weighted by Gasteiger charge is -2.32. The summed E-state index contributed by atoms with van der Waals surface area (Å²) in [5, 5.41) is 0. The lowest BCUT2D eigenvalue weighted by Crippen LogP contribution is -2.41. The first-order valence-electron chi connectivity index (χ1n) is 11.3. The van der Waals surface area contributed by atoms with Crippen LogP contribution >= 0.6 is 0 Å². The second-order valence-corrected chi connectivity index (χ2v) is 10.7. The smallest absolute Gasteiger partial charge is 0.403 e. The Labute approximate surface area is 189 Å². The number of ether oxygens (including phenoxy) is 1. The Bertz CT molecular complexity index is 743. The SMILES string of the molecule is C=C(B1OC(C)(C)C(C)(C)O1)[C@@H](CCOCc1ccccc1)B1OC(C)(C)C(C)(C)O1. The Balaban J connectivity index is 1.71. The average Bonchev–Trinajstić information content (AvgIpc) is 3.01. The van der Waals surface area contributed by atoms with E-state index in [1.165, 1.54) is 0 Å². The molecule has 2 aliphatic rings. The molecule has 2 fully saturated rings. The summed E-state index contributed by atoms with van der Waals surface area (Å²) in [6.45, 7) is 22.0. The molecule has 0 saturated carbocycles. The maximum atomic E-state index is 6.38. The van der Waals surface area contributed by atoms with E-state index >= 15 is 0 Å². The zero-order valence-corrected chi connectivity index (χ0v) is 20.5. The van der Waals surface area contributed by atoms with Crippen molar-refractivity contribution in [3.05, 3.63) is 47.9 Å². The van der Waals surface area contributed by atoms with Crippen LogP contribution < -0.4 is 0 Å². The third kappa shape index (κ3) is 5.12. The molecule has 0 N–H and O–H groups in total. The molecule has 1 aromatic rings. The predicted molar refractivity (Wildman–Crippen MR) is 126 cm³/mol. The molecule has 1 atom stereocenters. The average molecular weight is 428 g/mol. The highest BCUT2D eigenvalue weighted by Crippen LogP contribution is 2.46. The number of benzene rings is 1. The predicted octanol–water partition coefficient (Wildman–Crippen LogP) is 5.24. The summed E-state index contributed by atoms with van der Waals surface area (Å²) in [5.74, 6) is -0.119. The Morgan fingerprint density at radius 2 is 1.32 bits per heavy atom. The van der Waals surface area contributed by atoms with Gasteiger partial charge in [-0.05, 0) is 72.8 Å². The normalized spacial score (nSPS) is 24.4. The van der Waals surface area contributed by atoms with Crippen LogP contribution in [0.1, 0.15) is 67.4 Å². The minimum Gasteiger partial charge on any atom is -0.403 e. The van der Waals surface area contributed by atoms with E-state index in [1.54, 1.807) is 0 Å². The first-order chi connectivity index (χ1) is 14.3. The molecule has 7 heteroatoms. The quantitative estimate of drug-likeness (QED) is 0.419. The molecule has 31 heavy (non-hydrogen) atoms. The lowest BCUT2D eigenvalue weighted by atomic mass is 9.56. The van der Waals surface area contributed by atoms with Gasteiger partial charge in [-0.3, -0.25) is 0 Å². The molecule has 0 unspecified atom stereocenters. The summed E-state index contributed by atoms with van der Waals surface area (Å²) in [5.41, 5.74) is 0.295. The summed E-state index contributed by atoms with van der Waals surface area (Å²) >= 11 is 0. The molecule has 0 bridgehead atoms. The minimum atomic E-state index is -0.511. The minimum absolute atomic E-state index is 0.119. The second-order valence-electron chi connectivity index (χ2n) is 10.7. The van der Waals surface area contributed by atoms with Gasteiger partial charge in [-0.2, -0.15) is 0 Å². The van der Waals surface area contributed by atoms with Crippen LogP contribution in [0.5, 0.6) is 0 Å². The number of allylic oxidation sites excluding steroid dienone is 1. The molecular weight excluding hydrogens is 390 g/mol. The van der Waals surface area contributed by atoms with Crippen LogP contribution in [-0.4, -0.2) is 43.2 Å². The molecule has 0 spiro atoms. The van der Waals surface area contributed by atoms with Crippen LogP contribution in [0.25, 0.3) is 0 Å². The van der Waals surface area contributed by atoms with E-state index in [0.717, 1.165) is 11.0 Å². The van der Waals surface area contributed by atoms with Crippen molar-refractivity contribution in [3.63, 3.8) is 0 Å². The summed E-state index contributed by atoms with van der Waals surface area (Å²) in [7, 11) is -0.944. The Kier molecular flexibility index (Phi) is 6.87. The van der Waals surface area contributed by atoms with Gasteiger partial charge in [0.2, 0.25) is 0 Å². The molecule has 0 aromatic heterocycles. The van der Waals surface area contributed by atoms with Crippen LogP contribution in [0, 0.1) is 0 Å². The molecule has 1 aromatic carbocycles. The molecule has 5 nitrogen and oxygen atoms in total. The van der Waals surface area contributed by atoms with E-state index in [2.05, 4.69) is 46.4 Å². The summed E-state index contributed by atoms with van der Waals surface area (Å²) in [4.78, 5) is 0. The van der Waals surface area contributed by atoms with Gasteiger partial charge in [0.05, 0.1) is 29.0 Å². The Hall–Kier alpha value is -1.11. The molecule has 0 aliphatic carbocycles. The summed E-state index contributed by atoms with van der Waals surface area (Å²) in [6.07, 6.45) is 0.701. The number of hydrogen-bond acceptors (Lipinski definition) is 5. The van der Waals surface area contributed by atoms with Crippen molar-refractivity contribution < 1.29 is 23.4 Å². The Morgan fingerprint density at radius 1 is 0.839 bits per heavy atom. The number of rotatable bonds is 8. The molecule has 2 saturated heterocycles. The van der Waals surface area contributed by atoms with Crippen molar-refractivity contribution in [3.8, 4) is 0 Å². The van der Waals surface area contributed by atoms with Gasteiger partial charge in [-0.25, -0.2) is 0 Å². The molecule has 0 radical (unpaired) electrons. The van der Waals surface area contributed by atoms with E-state index in [4.69, 9.17) is 23.4 Å². The maximum absolute atomic E-state index is 6.38. The lowest BCUT2D eigenvalue weighted by molar-refractivity contribution is 0.00578. The van der Waals surface area contributed by atoms with E-state index in [0.29, 0.717) is 19.6 Å². The van der Waals surface area contributed by atoms with E-state index in [-0.39, 0.29) is 5.82 Å². The van der Waals surface area contributed by atoms with E-state index in [1.807, 2.05) is 45.9 Å². The van der Waals surface area contributed by atoms with Gasteiger partial charge < -0.3 is 23.4 Å². The van der Waals surface area contributed by atoms with E-state index < -0.39 is 36.6 Å². The second kappa shape index (κ2) is 8.68. The topological polar surface area (TPSA) is 46.2 Å². The van der Waals surface area contributed by atoms with Gasteiger partial charge >= 0.3 is 14.2 Å². The van der Waals surface area contributed by atoms with Gasteiger partial charge in [0.1, 0.15) is 0 Å². The molecule has 3 rings (SSSR count). The zero-order valence-electron chi connectivity index (χ0n) is 20.5. The standard InChI is InChI=1S/C24H38B2O5/c1-18(25-28-21(2,3)22(4,5)29-25)20(26-30-23(6,7)24(8,9)31-26)15-16-27-17-19-13-11-10-12-14-19/h10-14,20H,1,15-17H2,2-9H3/t20-/m1/s1. The van der Waals surface area contributed by atoms with Crippen LogP contribution in [0.15, 0.2) is 42.4 Å². The molecule has 0 amide bonds. The zero-order chi connectivity index (χ0) is 23.1. The third-order valence-electron chi connectivity index (χ3n) is 7.32. The van der Waals surface area contributed by atoms with Crippen molar-refractivity contribution in [2.45, 2.75) is 96.6 Å². The van der Waals surface area contributed by atoms with Crippen LogP contribution in [0.2, 0.25) is 5.82 Å². The fraction of sp³-hybridized carbons (Fsp3) is 0.667. The Morgan fingerprint density at radius 3 is 1.84 bits per heavy atom. The first-order valence-corrected chi connectivity index (χ1v) is 11.3. The highest BCUT2D eigenvalue weighted by atomic mass is 16.7. The van der Waals surface area contributed by atoms with Gasteiger partial charge in [-0.1, -0.05) is 30.3 Å². The van der Waals surface area contributed by atoms with E-state index in [9.17, 15) is 0 Å². The fourth-order valence-corrected chi connectivity index (χ4v) is 3.69. The molecule has 2 heterocycles. The van der Waals surface area contributed by atoms with Gasteiger partial charge in [0, 0.05) is 12.4 Å². The first kappa shape index (κ1) is 24.5. The monoisotopic (exact) mass is 428 g/mol. The van der Waals surface area contributed by atoms with Crippen molar-refractivity contribution >= 4 is 14.2 Å². The molecule has 170 valence electrons. The summed E-state index contributed by atoms with van der Waals surface area (Å²) < 4.78 is 31.3. The molecular formula is C24H38B2O5. The van der Waals surface area contributed by atoms with Crippen LogP contribution in [0.3, 0.4) is 0 Å². The van der Waals surface area contributed by atoms with Crippen molar-refractivity contribution in [1.29, 1.82) is 0 Å². The van der Waals surface area contributed by atoms with Gasteiger partial charge in [0.15, 0.2) is 0 Å². The fourth-order valence-electron chi connectivity index (χ4n) is 3.69. The van der Waals surface area contributed by atoms with Crippen molar-refractivity contribution in [2.75, 3.05) is 6.61 Å². The highest BCUT2D eigenvalue weighted by molar-refractivity contribution is 6.60. The third-order valence-corrected chi connectivity index (χ3v) is 7.32. The van der Waals surface area contributed by atoms with Gasteiger partial charge in [0.25, 0.3) is 0 Å². The maximum Gasteiger partial charge on any atom is 0.489 e. The number of hydrogen-bond donors (Lipinski definition) is 0. The van der Waals surface area contributed by atoms with Crippen LogP contribution in [-0.2, 0) is 30.0 Å². The van der Waals surface area contributed by atoms with Crippen molar-refractivity contribution in [2.24, 2.45) is 0 Å². The molecule has 2 aliphatic heterocycles.